The zero-order chi connectivity index (χ0) is 14.7. The van der Waals surface area contributed by atoms with E-state index in [1.165, 1.54) is 0 Å². The molecule has 5 heteroatoms. The highest BCUT2D eigenvalue weighted by atomic mass is 79.9. The summed E-state index contributed by atoms with van der Waals surface area (Å²) >= 11 is 3.38. The Hall–Kier alpha value is -1.62. The van der Waals surface area contributed by atoms with Crippen molar-refractivity contribution < 1.29 is 9.47 Å². The third kappa shape index (κ3) is 3.48. The van der Waals surface area contributed by atoms with Gasteiger partial charge in [-0.1, -0.05) is 19.9 Å². The van der Waals surface area contributed by atoms with Crippen molar-refractivity contribution in [2.24, 2.45) is 0 Å². The summed E-state index contributed by atoms with van der Waals surface area (Å²) in [7, 11) is 1.62. The number of hydrogen-bond acceptors (Lipinski definition) is 4. The number of ether oxygens (including phenoxy) is 2. The molecule has 0 aliphatic carbocycles. The third-order valence-electron chi connectivity index (χ3n) is 2.74. The standard InChI is InChI=1S/C15H17BrN2O2/c1-9(2)15-17-13(16)8-14(18-15)20-11-6-5-10(3)7-12(11)19-4/h5-9H,1-4H3. The molecule has 1 heterocycles. The lowest BCUT2D eigenvalue weighted by atomic mass is 10.2. The van der Waals surface area contributed by atoms with Crippen molar-refractivity contribution in [3.8, 4) is 17.4 Å². The van der Waals surface area contributed by atoms with Gasteiger partial charge in [0.15, 0.2) is 11.5 Å². The SMILES string of the molecule is COc1cc(C)ccc1Oc1cc(Br)nc(C(C)C)n1. The largest absolute Gasteiger partial charge is 0.493 e. The van der Waals surface area contributed by atoms with Crippen LogP contribution in [0.3, 0.4) is 0 Å². The first-order chi connectivity index (χ1) is 9.49. The second-order valence-electron chi connectivity index (χ2n) is 4.80. The van der Waals surface area contributed by atoms with Crippen LogP contribution in [0.25, 0.3) is 0 Å². The molecular weight excluding hydrogens is 320 g/mol. The first-order valence-electron chi connectivity index (χ1n) is 6.36. The average molecular weight is 337 g/mol. The number of aryl methyl sites for hydroxylation is 1. The Morgan fingerprint density at radius 1 is 1.10 bits per heavy atom. The van der Waals surface area contributed by atoms with Gasteiger partial charge in [-0.3, -0.25) is 0 Å². The summed E-state index contributed by atoms with van der Waals surface area (Å²) in [6.45, 7) is 6.08. The third-order valence-corrected chi connectivity index (χ3v) is 3.14. The van der Waals surface area contributed by atoms with Crippen molar-refractivity contribution in [1.29, 1.82) is 0 Å². The highest BCUT2D eigenvalue weighted by molar-refractivity contribution is 9.10. The molecule has 4 nitrogen and oxygen atoms in total. The van der Waals surface area contributed by atoms with Gasteiger partial charge in [-0.25, -0.2) is 4.98 Å². The summed E-state index contributed by atoms with van der Waals surface area (Å²) in [6.07, 6.45) is 0. The summed E-state index contributed by atoms with van der Waals surface area (Å²) in [5.41, 5.74) is 1.11. The van der Waals surface area contributed by atoms with Gasteiger partial charge in [0.2, 0.25) is 5.88 Å². The molecule has 0 aliphatic heterocycles. The van der Waals surface area contributed by atoms with Gasteiger partial charge in [-0.2, -0.15) is 4.98 Å². The van der Waals surface area contributed by atoms with Gasteiger partial charge >= 0.3 is 0 Å². The zero-order valence-electron chi connectivity index (χ0n) is 12.0. The van der Waals surface area contributed by atoms with Crippen LogP contribution in [0, 0.1) is 6.92 Å². The van der Waals surface area contributed by atoms with Gasteiger partial charge in [-0.15, -0.1) is 0 Å². The van der Waals surface area contributed by atoms with Crippen LogP contribution in [0.1, 0.15) is 31.2 Å². The molecule has 0 radical (unpaired) electrons. The van der Waals surface area contributed by atoms with Crippen molar-refractivity contribution in [2.75, 3.05) is 7.11 Å². The molecular formula is C15H17BrN2O2. The number of benzene rings is 1. The molecule has 1 aromatic carbocycles. The molecule has 0 saturated carbocycles. The summed E-state index contributed by atoms with van der Waals surface area (Å²) in [6, 6.07) is 7.51. The molecule has 0 bridgehead atoms. The fourth-order valence-corrected chi connectivity index (χ4v) is 2.07. The van der Waals surface area contributed by atoms with Gasteiger partial charge in [-0.05, 0) is 40.5 Å². The van der Waals surface area contributed by atoms with Crippen LogP contribution in [0.2, 0.25) is 0 Å². The second kappa shape index (κ2) is 6.22. The van der Waals surface area contributed by atoms with Gasteiger partial charge < -0.3 is 9.47 Å². The van der Waals surface area contributed by atoms with Crippen LogP contribution in [-0.2, 0) is 0 Å². The van der Waals surface area contributed by atoms with Gasteiger partial charge in [0.05, 0.1) is 7.11 Å². The van der Waals surface area contributed by atoms with Crippen LogP contribution in [0.4, 0.5) is 0 Å². The quantitative estimate of drug-likeness (QED) is 0.772. The summed E-state index contributed by atoms with van der Waals surface area (Å²) < 4.78 is 11.9. The average Bonchev–Trinajstić information content (AvgIpc) is 2.40. The Kier molecular flexibility index (Phi) is 4.60. The molecule has 0 spiro atoms. The minimum absolute atomic E-state index is 0.231. The van der Waals surface area contributed by atoms with Crippen molar-refractivity contribution >= 4 is 15.9 Å². The van der Waals surface area contributed by atoms with Gasteiger partial charge in [0, 0.05) is 12.0 Å². The van der Waals surface area contributed by atoms with Crippen LogP contribution < -0.4 is 9.47 Å². The molecule has 1 aromatic heterocycles. The maximum absolute atomic E-state index is 5.82. The monoisotopic (exact) mass is 336 g/mol. The van der Waals surface area contributed by atoms with E-state index in [9.17, 15) is 0 Å². The topological polar surface area (TPSA) is 44.2 Å². The van der Waals surface area contributed by atoms with Crippen LogP contribution in [0.5, 0.6) is 17.4 Å². The molecule has 2 aromatic rings. The molecule has 0 amide bonds. The van der Waals surface area contributed by atoms with Crippen LogP contribution in [0.15, 0.2) is 28.9 Å². The van der Waals surface area contributed by atoms with Crippen molar-refractivity contribution in [2.45, 2.75) is 26.7 Å². The Morgan fingerprint density at radius 3 is 2.50 bits per heavy atom. The van der Waals surface area contributed by atoms with Crippen molar-refractivity contribution in [3.63, 3.8) is 0 Å². The highest BCUT2D eigenvalue weighted by Crippen LogP contribution is 2.32. The normalized spacial score (nSPS) is 10.7. The number of hydrogen-bond donors (Lipinski definition) is 0. The van der Waals surface area contributed by atoms with Crippen molar-refractivity contribution in [3.05, 3.63) is 40.3 Å². The highest BCUT2D eigenvalue weighted by Gasteiger charge is 2.11. The van der Waals surface area contributed by atoms with Crippen LogP contribution in [-0.4, -0.2) is 17.1 Å². The smallest absolute Gasteiger partial charge is 0.223 e. The maximum atomic E-state index is 5.82. The van der Waals surface area contributed by atoms with E-state index in [2.05, 4.69) is 25.9 Å². The summed E-state index contributed by atoms with van der Waals surface area (Å²) in [5, 5.41) is 0. The molecule has 20 heavy (non-hydrogen) atoms. The second-order valence-corrected chi connectivity index (χ2v) is 5.61. The van der Waals surface area contributed by atoms with Gasteiger partial charge in [0.1, 0.15) is 10.4 Å². The van der Waals surface area contributed by atoms with E-state index in [4.69, 9.17) is 9.47 Å². The van der Waals surface area contributed by atoms with Crippen LogP contribution >= 0.6 is 15.9 Å². The van der Waals surface area contributed by atoms with E-state index in [0.717, 1.165) is 11.4 Å². The lowest BCUT2D eigenvalue weighted by molar-refractivity contribution is 0.372. The summed E-state index contributed by atoms with van der Waals surface area (Å²) in [4.78, 5) is 8.73. The number of aromatic nitrogens is 2. The lowest BCUT2D eigenvalue weighted by Gasteiger charge is -2.12. The number of methoxy groups -OCH3 is 1. The molecule has 0 unspecified atom stereocenters. The van der Waals surface area contributed by atoms with E-state index >= 15 is 0 Å². The zero-order valence-corrected chi connectivity index (χ0v) is 13.6. The van der Waals surface area contributed by atoms with E-state index in [-0.39, 0.29) is 5.92 Å². The number of rotatable bonds is 4. The van der Waals surface area contributed by atoms with E-state index in [0.29, 0.717) is 22.0 Å². The number of nitrogens with zero attached hydrogens (tertiary/aromatic N) is 2. The Balaban J connectivity index is 2.34. The van der Waals surface area contributed by atoms with Crippen molar-refractivity contribution in [1.82, 2.24) is 9.97 Å². The van der Waals surface area contributed by atoms with Gasteiger partial charge in [0.25, 0.3) is 0 Å². The minimum Gasteiger partial charge on any atom is -0.493 e. The Bertz CT molecular complexity index is 615. The van der Waals surface area contributed by atoms with E-state index in [1.807, 2.05) is 39.0 Å². The first kappa shape index (κ1) is 14.8. The molecule has 0 fully saturated rings. The first-order valence-corrected chi connectivity index (χ1v) is 7.16. The molecule has 106 valence electrons. The fraction of sp³-hybridized carbons (Fsp3) is 0.333. The van der Waals surface area contributed by atoms with E-state index in [1.54, 1.807) is 13.2 Å². The Morgan fingerprint density at radius 2 is 1.85 bits per heavy atom. The molecule has 2 rings (SSSR count). The summed E-state index contributed by atoms with van der Waals surface area (Å²) in [5.74, 6) is 2.79. The molecule has 0 atom stereocenters. The fourth-order valence-electron chi connectivity index (χ4n) is 1.70. The maximum Gasteiger partial charge on any atom is 0.223 e. The lowest BCUT2D eigenvalue weighted by Crippen LogP contribution is -2.00. The number of halogens is 1. The molecule has 0 aliphatic rings. The molecule has 0 N–H and O–H groups in total. The Labute approximate surface area is 127 Å². The predicted octanol–water partition coefficient (Wildman–Crippen LogP) is 4.47. The van der Waals surface area contributed by atoms with E-state index < -0.39 is 0 Å². The predicted molar refractivity (Wildman–Crippen MR) is 81.6 cm³/mol. The minimum atomic E-state index is 0.231. The molecule has 0 saturated heterocycles.